The number of fused-ring (bicyclic) bond motifs is 1. The lowest BCUT2D eigenvalue weighted by atomic mass is 10.0. The van der Waals surface area contributed by atoms with Crippen LogP contribution in [0, 0.1) is 0 Å². The number of imide groups is 1. The Kier molecular flexibility index (Phi) is 5.07. The van der Waals surface area contributed by atoms with Crippen LogP contribution in [0.25, 0.3) is 0 Å². The van der Waals surface area contributed by atoms with Crippen molar-refractivity contribution in [1.29, 1.82) is 0 Å². The highest BCUT2D eigenvalue weighted by atomic mass is 16.2. The van der Waals surface area contributed by atoms with Crippen molar-refractivity contribution >= 4 is 17.7 Å². The molecule has 2 saturated heterocycles. The molecule has 2 fully saturated rings. The number of piperidine rings is 1. The Morgan fingerprint density at radius 3 is 2.84 bits per heavy atom. The standard InChI is InChI=1S/C22H26N6O3/c1-26-8-7-24-20(26)18-11-23-6-9-27(18)12-14-2-3-15-13-28(22(31)16(15)10-14)17-4-5-19(29)25-21(17)30/h2-3,7-8,10,17-18,23H,4-6,9,11-13H2,1H3,(H,25,29,30). The molecule has 2 N–H and O–H groups in total. The van der Waals surface area contributed by atoms with Crippen molar-refractivity contribution in [3.63, 3.8) is 0 Å². The molecule has 3 aliphatic rings. The van der Waals surface area contributed by atoms with Gasteiger partial charge in [-0.1, -0.05) is 12.1 Å². The molecule has 0 radical (unpaired) electrons. The monoisotopic (exact) mass is 422 g/mol. The Bertz CT molecular complexity index is 1050. The smallest absolute Gasteiger partial charge is 0.255 e. The molecule has 162 valence electrons. The molecule has 5 rings (SSSR count). The number of benzene rings is 1. The lowest BCUT2D eigenvalue weighted by Crippen LogP contribution is -2.52. The van der Waals surface area contributed by atoms with E-state index >= 15 is 0 Å². The summed E-state index contributed by atoms with van der Waals surface area (Å²) in [7, 11) is 2.01. The van der Waals surface area contributed by atoms with Gasteiger partial charge in [0.15, 0.2) is 0 Å². The van der Waals surface area contributed by atoms with Gasteiger partial charge in [0.2, 0.25) is 11.8 Å². The van der Waals surface area contributed by atoms with E-state index in [0.29, 0.717) is 18.5 Å². The second kappa shape index (κ2) is 7.90. The number of rotatable bonds is 4. The summed E-state index contributed by atoms with van der Waals surface area (Å²) < 4.78 is 2.05. The zero-order chi connectivity index (χ0) is 21.5. The number of imidazole rings is 1. The Hall–Kier alpha value is -3.04. The molecule has 0 bridgehead atoms. The van der Waals surface area contributed by atoms with E-state index in [1.165, 1.54) is 0 Å². The fraction of sp³-hybridized carbons (Fsp3) is 0.455. The van der Waals surface area contributed by atoms with Gasteiger partial charge in [0.05, 0.1) is 6.04 Å². The van der Waals surface area contributed by atoms with Gasteiger partial charge in [-0.2, -0.15) is 0 Å². The highest BCUT2D eigenvalue weighted by Crippen LogP contribution is 2.29. The van der Waals surface area contributed by atoms with E-state index in [9.17, 15) is 14.4 Å². The molecule has 0 aliphatic carbocycles. The number of aromatic nitrogens is 2. The molecule has 0 spiro atoms. The number of hydrogen-bond acceptors (Lipinski definition) is 6. The predicted octanol–water partition coefficient (Wildman–Crippen LogP) is 0.328. The van der Waals surface area contributed by atoms with Gasteiger partial charge >= 0.3 is 0 Å². The third-order valence-corrected chi connectivity index (χ3v) is 6.49. The maximum atomic E-state index is 13.1. The van der Waals surface area contributed by atoms with Crippen LogP contribution in [-0.2, 0) is 29.7 Å². The van der Waals surface area contributed by atoms with Crippen LogP contribution in [0.15, 0.2) is 30.6 Å². The maximum Gasteiger partial charge on any atom is 0.255 e. The number of nitrogens with zero attached hydrogens (tertiary/aromatic N) is 4. The van der Waals surface area contributed by atoms with E-state index in [2.05, 4.69) is 31.2 Å². The summed E-state index contributed by atoms with van der Waals surface area (Å²) in [6, 6.07) is 5.60. The topological polar surface area (TPSA) is 99.6 Å². The first-order valence-electron chi connectivity index (χ1n) is 10.7. The van der Waals surface area contributed by atoms with E-state index in [4.69, 9.17) is 0 Å². The van der Waals surface area contributed by atoms with Crippen LogP contribution in [0.1, 0.15) is 46.2 Å². The highest BCUT2D eigenvalue weighted by molar-refractivity contribution is 6.05. The van der Waals surface area contributed by atoms with Crippen molar-refractivity contribution in [1.82, 2.24) is 30.0 Å². The second-order valence-corrected chi connectivity index (χ2v) is 8.48. The Balaban J connectivity index is 1.34. The van der Waals surface area contributed by atoms with Crippen molar-refractivity contribution in [2.24, 2.45) is 7.05 Å². The van der Waals surface area contributed by atoms with Gasteiger partial charge < -0.3 is 14.8 Å². The molecule has 9 heteroatoms. The second-order valence-electron chi connectivity index (χ2n) is 8.48. The van der Waals surface area contributed by atoms with Crippen LogP contribution in [0.3, 0.4) is 0 Å². The Morgan fingerprint density at radius 1 is 1.19 bits per heavy atom. The van der Waals surface area contributed by atoms with Crippen molar-refractivity contribution in [3.05, 3.63) is 53.1 Å². The minimum Gasteiger partial charge on any atom is -0.337 e. The number of piperazine rings is 1. The fourth-order valence-corrected chi connectivity index (χ4v) is 4.82. The zero-order valence-corrected chi connectivity index (χ0v) is 17.5. The van der Waals surface area contributed by atoms with Gasteiger partial charge in [-0.05, 0) is 23.6 Å². The summed E-state index contributed by atoms with van der Waals surface area (Å²) in [4.78, 5) is 45.3. The molecule has 2 atom stereocenters. The largest absolute Gasteiger partial charge is 0.337 e. The number of carbonyl (C=O) groups is 3. The molecule has 9 nitrogen and oxygen atoms in total. The van der Waals surface area contributed by atoms with Crippen LogP contribution in [-0.4, -0.2) is 62.7 Å². The summed E-state index contributed by atoms with van der Waals surface area (Å²) >= 11 is 0. The van der Waals surface area contributed by atoms with Crippen LogP contribution in [0.5, 0.6) is 0 Å². The average molecular weight is 422 g/mol. The quantitative estimate of drug-likeness (QED) is 0.689. The number of carbonyl (C=O) groups excluding carboxylic acids is 3. The van der Waals surface area contributed by atoms with Crippen LogP contribution >= 0.6 is 0 Å². The van der Waals surface area contributed by atoms with Gasteiger partial charge in [0.25, 0.3) is 5.91 Å². The van der Waals surface area contributed by atoms with Crippen molar-refractivity contribution in [2.45, 2.75) is 38.0 Å². The molecule has 3 amide bonds. The predicted molar refractivity (Wildman–Crippen MR) is 112 cm³/mol. The van der Waals surface area contributed by atoms with Crippen LogP contribution < -0.4 is 10.6 Å². The molecule has 31 heavy (non-hydrogen) atoms. The molecular weight excluding hydrogens is 396 g/mol. The van der Waals surface area contributed by atoms with E-state index in [1.54, 1.807) is 4.90 Å². The Labute approximate surface area is 180 Å². The number of aryl methyl sites for hydroxylation is 1. The van der Waals surface area contributed by atoms with E-state index < -0.39 is 6.04 Å². The van der Waals surface area contributed by atoms with Crippen molar-refractivity contribution in [3.8, 4) is 0 Å². The molecule has 2 aromatic rings. The Morgan fingerprint density at radius 2 is 2.06 bits per heavy atom. The molecule has 0 saturated carbocycles. The first-order chi connectivity index (χ1) is 15.0. The van der Waals surface area contributed by atoms with E-state index in [1.807, 2.05) is 31.6 Å². The first kappa shape index (κ1) is 19.9. The van der Waals surface area contributed by atoms with Crippen molar-refractivity contribution in [2.75, 3.05) is 19.6 Å². The number of amides is 3. The number of hydrogen-bond donors (Lipinski definition) is 2. The third kappa shape index (κ3) is 3.64. The minimum atomic E-state index is -0.581. The first-order valence-corrected chi connectivity index (χ1v) is 10.7. The zero-order valence-electron chi connectivity index (χ0n) is 17.5. The lowest BCUT2D eigenvalue weighted by Gasteiger charge is -2.35. The van der Waals surface area contributed by atoms with Crippen LogP contribution in [0.4, 0.5) is 0 Å². The van der Waals surface area contributed by atoms with Gasteiger partial charge in [-0.15, -0.1) is 0 Å². The van der Waals surface area contributed by atoms with Crippen molar-refractivity contribution < 1.29 is 14.4 Å². The van der Waals surface area contributed by atoms with Gasteiger partial charge in [-0.25, -0.2) is 4.98 Å². The summed E-state index contributed by atoms with van der Waals surface area (Å²) in [5, 5.41) is 5.80. The molecule has 4 heterocycles. The minimum absolute atomic E-state index is 0.132. The molecular formula is C22H26N6O3. The maximum absolute atomic E-state index is 13.1. The van der Waals surface area contributed by atoms with Gasteiger partial charge in [0.1, 0.15) is 11.9 Å². The highest BCUT2D eigenvalue weighted by Gasteiger charge is 2.39. The molecule has 1 aromatic carbocycles. The van der Waals surface area contributed by atoms with E-state index in [-0.39, 0.29) is 30.2 Å². The average Bonchev–Trinajstić information content (AvgIpc) is 3.32. The summed E-state index contributed by atoms with van der Waals surface area (Å²) in [5.41, 5.74) is 2.66. The number of nitrogens with one attached hydrogen (secondary N) is 2. The summed E-state index contributed by atoms with van der Waals surface area (Å²) in [6.07, 6.45) is 4.42. The SMILES string of the molecule is Cn1ccnc1C1CNCCN1Cc1ccc2c(c1)C(=O)N(C1CCC(=O)NC1=O)C2. The normalized spacial score (nSPS) is 24.4. The molecule has 2 unspecified atom stereocenters. The van der Waals surface area contributed by atoms with Gasteiger partial charge in [0, 0.05) is 64.1 Å². The fourth-order valence-electron chi connectivity index (χ4n) is 4.82. The summed E-state index contributed by atoms with van der Waals surface area (Å²) in [6.45, 7) is 3.76. The summed E-state index contributed by atoms with van der Waals surface area (Å²) in [5.74, 6) is 0.239. The lowest BCUT2D eigenvalue weighted by molar-refractivity contribution is -0.136. The van der Waals surface area contributed by atoms with Gasteiger partial charge in [-0.3, -0.25) is 24.6 Å². The van der Waals surface area contributed by atoms with Crippen LogP contribution in [0.2, 0.25) is 0 Å². The third-order valence-electron chi connectivity index (χ3n) is 6.49. The molecule has 3 aliphatic heterocycles. The molecule has 1 aromatic heterocycles. The van der Waals surface area contributed by atoms with E-state index in [0.717, 1.165) is 43.1 Å².